The normalized spacial score (nSPS) is 13.5. The van der Waals surface area contributed by atoms with Crippen LogP contribution >= 0.6 is 0 Å². The van der Waals surface area contributed by atoms with Crippen molar-refractivity contribution in [3.05, 3.63) is 0 Å². The Morgan fingerprint density at radius 2 is 1.00 bits per heavy atom. The Morgan fingerprint density at radius 1 is 0.615 bits per heavy atom. The molecule has 0 radical (unpaired) electrons. The largest absolute Gasteiger partial charge is 0.481 e. The van der Waals surface area contributed by atoms with Crippen molar-refractivity contribution >= 4 is 47.5 Å². The molecule has 0 spiro atoms. The summed E-state index contributed by atoms with van der Waals surface area (Å²) in [6.07, 6.45) is -1.53. The monoisotopic (exact) mass is 560 g/mol. The SMILES string of the molecule is NC(N)=NCCCC(N)C(=O)NC(CC(=O)O)C(=O)NC(CC(=O)O)C(=O)NC(CCCN=C(N)N)C(=O)O. The molecule has 0 bridgehead atoms. The first-order valence-corrected chi connectivity index (χ1v) is 11.6. The number of nitrogens with two attached hydrogens (primary N) is 5. The van der Waals surface area contributed by atoms with E-state index in [2.05, 4.69) is 20.6 Å². The third-order valence-corrected chi connectivity index (χ3v) is 4.89. The first kappa shape index (κ1) is 34.3. The Balaban J connectivity index is 5.44. The number of guanidine groups is 2. The topological polar surface area (TPSA) is 354 Å². The summed E-state index contributed by atoms with van der Waals surface area (Å²) in [6.45, 7) is 0.226. The van der Waals surface area contributed by atoms with Crippen molar-refractivity contribution in [1.82, 2.24) is 16.0 Å². The van der Waals surface area contributed by atoms with Gasteiger partial charge in [-0.25, -0.2) is 4.79 Å². The van der Waals surface area contributed by atoms with Gasteiger partial charge in [0.1, 0.15) is 18.1 Å². The van der Waals surface area contributed by atoms with E-state index in [0.29, 0.717) is 6.42 Å². The molecule has 0 aromatic heterocycles. The average molecular weight is 561 g/mol. The fraction of sp³-hybridized carbons (Fsp3) is 0.600. The molecule has 0 fully saturated rings. The number of hydrogen-bond acceptors (Lipinski definition) is 9. The minimum absolute atomic E-state index is 0.0598. The lowest BCUT2D eigenvalue weighted by Gasteiger charge is -2.24. The maximum atomic E-state index is 12.8. The van der Waals surface area contributed by atoms with E-state index in [0.717, 1.165) is 0 Å². The van der Waals surface area contributed by atoms with Gasteiger partial charge in [-0.2, -0.15) is 0 Å². The summed E-state index contributed by atoms with van der Waals surface area (Å²) in [6, 6.07) is -6.20. The molecule has 19 heteroatoms. The number of aliphatic carboxylic acids is 3. The number of nitrogens with one attached hydrogen (secondary N) is 3. The van der Waals surface area contributed by atoms with Gasteiger partial charge in [-0.05, 0) is 25.7 Å². The van der Waals surface area contributed by atoms with E-state index in [-0.39, 0.29) is 44.3 Å². The highest BCUT2D eigenvalue weighted by Gasteiger charge is 2.32. The van der Waals surface area contributed by atoms with Crippen LogP contribution in [0.3, 0.4) is 0 Å². The molecular formula is C20H36N10O9. The van der Waals surface area contributed by atoms with E-state index in [4.69, 9.17) is 38.9 Å². The zero-order valence-electron chi connectivity index (χ0n) is 21.0. The van der Waals surface area contributed by atoms with E-state index < -0.39 is 72.6 Å². The molecule has 0 aliphatic carbocycles. The summed E-state index contributed by atoms with van der Waals surface area (Å²) in [5.41, 5.74) is 26.5. The van der Waals surface area contributed by atoms with E-state index >= 15 is 0 Å². The maximum absolute atomic E-state index is 12.8. The predicted molar refractivity (Wildman–Crippen MR) is 136 cm³/mol. The van der Waals surface area contributed by atoms with Crippen molar-refractivity contribution < 1.29 is 44.1 Å². The fourth-order valence-corrected chi connectivity index (χ4v) is 3.00. The second-order valence-electron chi connectivity index (χ2n) is 8.22. The first-order valence-electron chi connectivity index (χ1n) is 11.6. The molecule has 3 amide bonds. The van der Waals surface area contributed by atoms with Crippen LogP contribution in [-0.4, -0.2) is 100 Å². The van der Waals surface area contributed by atoms with E-state index in [1.807, 2.05) is 5.32 Å². The summed E-state index contributed by atoms with van der Waals surface area (Å²) in [7, 11) is 0. The van der Waals surface area contributed by atoms with Crippen LogP contribution in [-0.2, 0) is 28.8 Å². The number of rotatable bonds is 19. The second kappa shape index (κ2) is 17.7. The summed E-state index contributed by atoms with van der Waals surface area (Å²) >= 11 is 0. The Morgan fingerprint density at radius 3 is 1.38 bits per heavy atom. The molecule has 0 rings (SSSR count). The quantitative estimate of drug-likeness (QED) is 0.0400. The Kier molecular flexibility index (Phi) is 15.6. The lowest BCUT2D eigenvalue weighted by Crippen LogP contribution is -2.57. The van der Waals surface area contributed by atoms with Gasteiger partial charge < -0.3 is 59.9 Å². The van der Waals surface area contributed by atoms with Gasteiger partial charge in [0.2, 0.25) is 17.7 Å². The summed E-state index contributed by atoms with van der Waals surface area (Å²) < 4.78 is 0. The van der Waals surface area contributed by atoms with Gasteiger partial charge in [0, 0.05) is 13.1 Å². The minimum atomic E-state index is -1.81. The molecule has 0 saturated heterocycles. The van der Waals surface area contributed by atoms with Crippen molar-refractivity contribution in [2.45, 2.75) is 62.7 Å². The Labute approximate surface area is 222 Å². The number of hydrogen-bond donors (Lipinski definition) is 11. The number of nitrogens with zero attached hydrogens (tertiary/aromatic N) is 2. The van der Waals surface area contributed by atoms with Crippen LogP contribution in [0.5, 0.6) is 0 Å². The highest BCUT2D eigenvalue weighted by molar-refractivity contribution is 5.96. The average Bonchev–Trinajstić information content (AvgIpc) is 2.81. The molecule has 39 heavy (non-hydrogen) atoms. The van der Waals surface area contributed by atoms with Crippen LogP contribution in [0.4, 0.5) is 0 Å². The highest BCUT2D eigenvalue weighted by atomic mass is 16.4. The molecule has 16 N–H and O–H groups in total. The van der Waals surface area contributed by atoms with Crippen LogP contribution < -0.4 is 44.6 Å². The van der Waals surface area contributed by atoms with Crippen molar-refractivity contribution in [3.8, 4) is 0 Å². The van der Waals surface area contributed by atoms with Gasteiger partial charge in [-0.15, -0.1) is 0 Å². The highest BCUT2D eigenvalue weighted by Crippen LogP contribution is 2.04. The molecule has 0 aromatic rings. The summed E-state index contributed by atoms with van der Waals surface area (Å²) in [5, 5.41) is 34.0. The molecule has 0 heterocycles. The summed E-state index contributed by atoms with van der Waals surface area (Å²) in [5.74, 6) is -8.13. The number of carbonyl (C=O) groups excluding carboxylic acids is 3. The predicted octanol–water partition coefficient (Wildman–Crippen LogP) is -5.09. The zero-order chi connectivity index (χ0) is 30.1. The molecule has 19 nitrogen and oxygen atoms in total. The van der Waals surface area contributed by atoms with Crippen LogP contribution in [0.15, 0.2) is 9.98 Å². The van der Waals surface area contributed by atoms with Crippen molar-refractivity contribution in [1.29, 1.82) is 0 Å². The molecule has 0 aliphatic rings. The maximum Gasteiger partial charge on any atom is 0.326 e. The van der Waals surface area contributed by atoms with Crippen LogP contribution in [0.1, 0.15) is 38.5 Å². The van der Waals surface area contributed by atoms with E-state index in [1.165, 1.54) is 0 Å². The van der Waals surface area contributed by atoms with Crippen LogP contribution in [0.25, 0.3) is 0 Å². The number of aliphatic imine (C=N–C) groups is 2. The Hall–Kier alpha value is -4.68. The molecule has 4 unspecified atom stereocenters. The van der Waals surface area contributed by atoms with Gasteiger partial charge >= 0.3 is 17.9 Å². The Bertz CT molecular complexity index is 948. The molecule has 0 aromatic carbocycles. The van der Waals surface area contributed by atoms with Gasteiger partial charge in [-0.1, -0.05) is 0 Å². The van der Waals surface area contributed by atoms with Crippen molar-refractivity contribution in [3.63, 3.8) is 0 Å². The van der Waals surface area contributed by atoms with Crippen molar-refractivity contribution in [2.75, 3.05) is 13.1 Å². The lowest BCUT2D eigenvalue weighted by molar-refractivity contribution is -0.145. The molecule has 220 valence electrons. The number of carbonyl (C=O) groups is 6. The molecule has 0 saturated carbocycles. The van der Waals surface area contributed by atoms with E-state index in [1.54, 1.807) is 0 Å². The van der Waals surface area contributed by atoms with Crippen LogP contribution in [0, 0.1) is 0 Å². The number of carboxylic acids is 3. The van der Waals surface area contributed by atoms with Gasteiger partial charge in [0.15, 0.2) is 11.9 Å². The van der Waals surface area contributed by atoms with Crippen molar-refractivity contribution in [2.24, 2.45) is 38.7 Å². The second-order valence-corrected chi connectivity index (χ2v) is 8.22. The van der Waals surface area contributed by atoms with E-state index in [9.17, 15) is 33.9 Å². The molecular weight excluding hydrogens is 524 g/mol. The third-order valence-electron chi connectivity index (χ3n) is 4.89. The molecule has 0 aliphatic heterocycles. The number of amides is 3. The van der Waals surface area contributed by atoms with Gasteiger partial charge in [0.05, 0.1) is 18.9 Å². The summed E-state index contributed by atoms with van der Waals surface area (Å²) in [4.78, 5) is 79.3. The number of carboxylic acid groups (broad SMARTS) is 3. The van der Waals surface area contributed by atoms with Gasteiger partial charge in [-0.3, -0.25) is 34.0 Å². The zero-order valence-corrected chi connectivity index (χ0v) is 21.0. The third kappa shape index (κ3) is 15.9. The minimum Gasteiger partial charge on any atom is -0.481 e. The smallest absolute Gasteiger partial charge is 0.326 e. The fourth-order valence-electron chi connectivity index (χ4n) is 3.00. The molecule has 4 atom stereocenters. The van der Waals surface area contributed by atoms with Crippen LogP contribution in [0.2, 0.25) is 0 Å². The first-order chi connectivity index (χ1) is 18.1. The standard InChI is InChI=1S/C20H36N10O9/c21-9(3-1-5-26-19(22)23)15(35)29-11(7-13(31)32)17(37)30-12(8-14(33)34)16(36)28-10(18(38)39)4-2-6-27-20(24)25/h9-12H,1-8,21H2,(H,28,36)(H,29,35)(H,30,37)(H,31,32)(H,33,34)(H,38,39)(H4,22,23,26)(H4,24,25,27). The lowest BCUT2D eigenvalue weighted by atomic mass is 10.1. The van der Waals surface area contributed by atoms with Gasteiger partial charge in [0.25, 0.3) is 0 Å².